The first kappa shape index (κ1) is 15.5. The fourth-order valence-corrected chi connectivity index (χ4v) is 1.40. The number of rotatable bonds is 3. The second-order valence-corrected chi connectivity index (χ2v) is 4.91. The fourth-order valence-electron chi connectivity index (χ4n) is 1.40. The SMILES string of the molecule is CN(C(=O)c1cccc(C(F)(F)F)c1)C(C)(C)CO. The van der Waals surface area contributed by atoms with Crippen LogP contribution in [0.1, 0.15) is 29.8 Å². The lowest BCUT2D eigenvalue weighted by Crippen LogP contribution is -2.47. The van der Waals surface area contributed by atoms with Crippen LogP contribution < -0.4 is 0 Å². The van der Waals surface area contributed by atoms with Gasteiger partial charge in [0.15, 0.2) is 0 Å². The summed E-state index contributed by atoms with van der Waals surface area (Å²) in [5.74, 6) is -0.565. The Hall–Kier alpha value is -1.56. The average Bonchev–Trinajstić information content (AvgIpc) is 2.36. The molecule has 1 rings (SSSR count). The number of aliphatic hydroxyl groups excluding tert-OH is 1. The number of aliphatic hydroxyl groups is 1. The Morgan fingerprint density at radius 3 is 2.37 bits per heavy atom. The molecule has 0 radical (unpaired) electrons. The molecule has 0 aliphatic rings. The smallest absolute Gasteiger partial charge is 0.394 e. The predicted molar refractivity (Wildman–Crippen MR) is 64.7 cm³/mol. The van der Waals surface area contributed by atoms with Crippen molar-refractivity contribution < 1.29 is 23.1 Å². The van der Waals surface area contributed by atoms with Crippen LogP contribution in [0.5, 0.6) is 0 Å². The van der Waals surface area contributed by atoms with Gasteiger partial charge in [0, 0.05) is 12.6 Å². The molecule has 0 aromatic heterocycles. The van der Waals surface area contributed by atoms with Crippen molar-refractivity contribution >= 4 is 5.91 Å². The largest absolute Gasteiger partial charge is 0.416 e. The number of hydrogen-bond donors (Lipinski definition) is 1. The van der Waals surface area contributed by atoms with Crippen LogP contribution >= 0.6 is 0 Å². The molecule has 0 aliphatic heterocycles. The van der Waals surface area contributed by atoms with Gasteiger partial charge in [-0.15, -0.1) is 0 Å². The molecule has 1 aromatic carbocycles. The van der Waals surface area contributed by atoms with Crippen molar-refractivity contribution in [1.29, 1.82) is 0 Å². The number of amides is 1. The molecule has 1 N–H and O–H groups in total. The van der Waals surface area contributed by atoms with E-state index in [-0.39, 0.29) is 12.2 Å². The molecule has 0 spiro atoms. The Morgan fingerprint density at radius 1 is 1.32 bits per heavy atom. The summed E-state index contributed by atoms with van der Waals surface area (Å²) in [5.41, 5.74) is -1.77. The summed E-state index contributed by atoms with van der Waals surface area (Å²) >= 11 is 0. The highest BCUT2D eigenvalue weighted by molar-refractivity contribution is 5.94. The maximum atomic E-state index is 12.6. The summed E-state index contributed by atoms with van der Waals surface area (Å²) in [6, 6.07) is 4.23. The summed E-state index contributed by atoms with van der Waals surface area (Å²) < 4.78 is 37.7. The molecule has 0 bridgehead atoms. The number of carbonyl (C=O) groups excluding carboxylic acids is 1. The van der Waals surface area contributed by atoms with Crippen molar-refractivity contribution in [3.05, 3.63) is 35.4 Å². The Kier molecular flexibility index (Phi) is 4.25. The number of carbonyl (C=O) groups is 1. The molecule has 0 aliphatic carbocycles. The van der Waals surface area contributed by atoms with Crippen molar-refractivity contribution in [2.24, 2.45) is 0 Å². The standard InChI is InChI=1S/C13H16F3NO2/c1-12(2,8-18)17(3)11(19)9-5-4-6-10(7-9)13(14,15)16/h4-7,18H,8H2,1-3H3. The molecular formula is C13H16F3NO2. The first-order valence-electron chi connectivity index (χ1n) is 5.66. The summed E-state index contributed by atoms with van der Waals surface area (Å²) in [7, 11) is 1.44. The molecule has 0 saturated heterocycles. The summed E-state index contributed by atoms with van der Waals surface area (Å²) in [4.78, 5) is 13.3. The second kappa shape index (κ2) is 5.21. The van der Waals surface area contributed by atoms with Gasteiger partial charge in [-0.25, -0.2) is 0 Å². The topological polar surface area (TPSA) is 40.5 Å². The Balaban J connectivity index is 3.08. The van der Waals surface area contributed by atoms with E-state index in [0.717, 1.165) is 12.1 Å². The number of benzene rings is 1. The molecule has 3 nitrogen and oxygen atoms in total. The highest BCUT2D eigenvalue weighted by Crippen LogP contribution is 2.30. The van der Waals surface area contributed by atoms with E-state index in [1.807, 2.05) is 0 Å². The van der Waals surface area contributed by atoms with Crippen LogP contribution in [0, 0.1) is 0 Å². The van der Waals surface area contributed by atoms with Gasteiger partial charge >= 0.3 is 6.18 Å². The molecule has 0 atom stereocenters. The third-order valence-corrected chi connectivity index (χ3v) is 3.04. The zero-order valence-electron chi connectivity index (χ0n) is 11.0. The quantitative estimate of drug-likeness (QED) is 0.921. The van der Waals surface area contributed by atoms with Crippen LogP contribution in [0.15, 0.2) is 24.3 Å². The highest BCUT2D eigenvalue weighted by Gasteiger charge is 2.32. The van der Waals surface area contributed by atoms with Crippen LogP contribution in [0.4, 0.5) is 13.2 Å². The van der Waals surface area contributed by atoms with E-state index in [4.69, 9.17) is 0 Å². The second-order valence-electron chi connectivity index (χ2n) is 4.91. The van der Waals surface area contributed by atoms with Crippen LogP contribution in [0.3, 0.4) is 0 Å². The van der Waals surface area contributed by atoms with Gasteiger partial charge in [0.05, 0.1) is 17.7 Å². The third-order valence-electron chi connectivity index (χ3n) is 3.04. The number of likely N-dealkylation sites (N-methyl/N-ethyl adjacent to an activating group) is 1. The minimum atomic E-state index is -4.48. The van der Waals surface area contributed by atoms with Crippen LogP contribution in [-0.2, 0) is 6.18 Å². The number of nitrogens with zero attached hydrogens (tertiary/aromatic N) is 1. The van der Waals surface area contributed by atoms with Gasteiger partial charge in [-0.05, 0) is 32.0 Å². The van der Waals surface area contributed by atoms with E-state index < -0.39 is 23.2 Å². The molecule has 0 unspecified atom stereocenters. The predicted octanol–water partition coefficient (Wildman–Crippen LogP) is 2.55. The Bertz CT molecular complexity index is 469. The molecule has 19 heavy (non-hydrogen) atoms. The van der Waals surface area contributed by atoms with Gasteiger partial charge < -0.3 is 10.0 Å². The van der Waals surface area contributed by atoms with Crippen molar-refractivity contribution in [2.75, 3.05) is 13.7 Å². The first-order valence-corrected chi connectivity index (χ1v) is 5.66. The van der Waals surface area contributed by atoms with Crippen molar-refractivity contribution in [2.45, 2.75) is 25.6 Å². The maximum absolute atomic E-state index is 12.6. The van der Waals surface area contributed by atoms with Crippen molar-refractivity contribution in [1.82, 2.24) is 4.90 Å². The van der Waals surface area contributed by atoms with Gasteiger partial charge in [-0.3, -0.25) is 4.79 Å². The zero-order valence-corrected chi connectivity index (χ0v) is 11.0. The van der Waals surface area contributed by atoms with Gasteiger partial charge in [-0.1, -0.05) is 6.07 Å². The zero-order chi connectivity index (χ0) is 14.8. The minimum Gasteiger partial charge on any atom is -0.394 e. The lowest BCUT2D eigenvalue weighted by molar-refractivity contribution is -0.137. The van der Waals surface area contributed by atoms with Gasteiger partial charge in [0.1, 0.15) is 0 Å². The maximum Gasteiger partial charge on any atom is 0.416 e. The third kappa shape index (κ3) is 3.47. The fraction of sp³-hybridized carbons (Fsp3) is 0.462. The average molecular weight is 275 g/mol. The monoisotopic (exact) mass is 275 g/mol. The first-order chi connectivity index (χ1) is 8.59. The Labute approximate surface area is 109 Å². The molecule has 0 saturated carbocycles. The summed E-state index contributed by atoms with van der Waals surface area (Å²) in [5, 5.41) is 9.17. The molecule has 106 valence electrons. The molecule has 0 fully saturated rings. The molecule has 6 heteroatoms. The number of alkyl halides is 3. The van der Waals surface area contributed by atoms with Gasteiger partial charge in [0.2, 0.25) is 0 Å². The summed E-state index contributed by atoms with van der Waals surface area (Å²) in [6.45, 7) is 2.96. The normalized spacial score (nSPS) is 12.4. The van der Waals surface area contributed by atoms with E-state index >= 15 is 0 Å². The van der Waals surface area contributed by atoms with Crippen LogP contribution in [0.25, 0.3) is 0 Å². The van der Waals surface area contributed by atoms with Crippen LogP contribution in [0.2, 0.25) is 0 Å². The molecule has 0 heterocycles. The molecule has 1 aromatic rings. The van der Waals surface area contributed by atoms with Gasteiger partial charge in [0.25, 0.3) is 5.91 Å². The van der Waals surface area contributed by atoms with Crippen LogP contribution in [-0.4, -0.2) is 35.1 Å². The lowest BCUT2D eigenvalue weighted by atomic mass is 10.0. The van der Waals surface area contributed by atoms with E-state index in [1.54, 1.807) is 13.8 Å². The Morgan fingerprint density at radius 2 is 1.89 bits per heavy atom. The van der Waals surface area contributed by atoms with Gasteiger partial charge in [-0.2, -0.15) is 13.2 Å². The lowest BCUT2D eigenvalue weighted by Gasteiger charge is -2.34. The van der Waals surface area contributed by atoms with E-state index in [0.29, 0.717) is 0 Å². The molecular weight excluding hydrogens is 259 g/mol. The van der Waals surface area contributed by atoms with Crippen molar-refractivity contribution in [3.63, 3.8) is 0 Å². The number of halogens is 3. The van der Waals surface area contributed by atoms with Crippen molar-refractivity contribution in [3.8, 4) is 0 Å². The van der Waals surface area contributed by atoms with E-state index in [1.165, 1.54) is 24.1 Å². The molecule has 1 amide bonds. The number of hydrogen-bond acceptors (Lipinski definition) is 2. The summed E-state index contributed by atoms with van der Waals surface area (Å²) in [6.07, 6.45) is -4.48. The van der Waals surface area contributed by atoms with E-state index in [2.05, 4.69) is 0 Å². The minimum absolute atomic E-state index is 0.0566. The highest BCUT2D eigenvalue weighted by atomic mass is 19.4. The van der Waals surface area contributed by atoms with E-state index in [9.17, 15) is 23.1 Å².